The summed E-state index contributed by atoms with van der Waals surface area (Å²) in [6.07, 6.45) is 2.23. The largest absolute Gasteiger partial charge is 0.380 e. The van der Waals surface area contributed by atoms with Crippen LogP contribution >= 0.6 is 0 Å². The van der Waals surface area contributed by atoms with Crippen LogP contribution in [0.3, 0.4) is 0 Å². The van der Waals surface area contributed by atoms with Crippen molar-refractivity contribution in [1.82, 2.24) is 4.90 Å². The van der Waals surface area contributed by atoms with E-state index >= 15 is 0 Å². The summed E-state index contributed by atoms with van der Waals surface area (Å²) in [5, 5.41) is 0. The summed E-state index contributed by atoms with van der Waals surface area (Å²) in [5.41, 5.74) is 0. The molecule has 0 saturated carbocycles. The maximum atomic E-state index is 5.14. The zero-order valence-electron chi connectivity index (χ0n) is 8.00. The highest BCUT2D eigenvalue weighted by Crippen LogP contribution is 1.99. The van der Waals surface area contributed by atoms with Crippen LogP contribution in [0.4, 0.5) is 0 Å². The monoisotopic (exact) mass is 157 g/mol. The lowest BCUT2D eigenvalue weighted by Crippen LogP contribution is -2.34. The zero-order chi connectivity index (χ0) is 8.85. The first kappa shape index (κ1) is 10.7. The minimum atomic E-state index is 0.294. The molecule has 0 aromatic carbocycles. The summed E-state index contributed by atoms with van der Waals surface area (Å²) in [4.78, 5) is 2.21. The predicted molar refractivity (Wildman–Crippen MR) is 48.8 cm³/mol. The van der Waals surface area contributed by atoms with Crippen LogP contribution in [0.25, 0.3) is 0 Å². The fourth-order valence-electron chi connectivity index (χ4n) is 0.826. The minimum Gasteiger partial charge on any atom is -0.380 e. The second-order valence-corrected chi connectivity index (χ2v) is 2.96. The Morgan fingerprint density at radius 3 is 2.45 bits per heavy atom. The van der Waals surface area contributed by atoms with E-state index in [2.05, 4.69) is 32.4 Å². The Balaban J connectivity index is 3.66. The third-order valence-electron chi connectivity index (χ3n) is 1.98. The average molecular weight is 157 g/mol. The van der Waals surface area contributed by atoms with Gasteiger partial charge in [-0.3, -0.25) is 4.90 Å². The van der Waals surface area contributed by atoms with E-state index in [1.54, 1.807) is 7.11 Å². The van der Waals surface area contributed by atoms with Gasteiger partial charge in [0, 0.05) is 19.7 Å². The molecule has 0 amide bonds. The summed E-state index contributed by atoms with van der Waals surface area (Å²) in [7, 11) is 3.80. The van der Waals surface area contributed by atoms with Gasteiger partial charge in [0.05, 0.1) is 6.10 Å². The van der Waals surface area contributed by atoms with Crippen molar-refractivity contribution < 1.29 is 4.74 Å². The molecule has 0 N–H and O–H groups in total. The lowest BCUT2D eigenvalue weighted by Gasteiger charge is -2.24. The zero-order valence-corrected chi connectivity index (χ0v) is 8.00. The molecular formula is C9H19NO. The number of hydrogen-bond donors (Lipinski definition) is 0. The van der Waals surface area contributed by atoms with Crippen LogP contribution in [0.1, 0.15) is 13.8 Å². The van der Waals surface area contributed by atoms with Crippen LogP contribution in [0, 0.1) is 0 Å². The molecule has 0 fully saturated rings. The molecule has 0 aliphatic carbocycles. The molecule has 0 spiro atoms. The Hall–Kier alpha value is -0.340. The fourth-order valence-corrected chi connectivity index (χ4v) is 0.826. The number of ether oxygens (including phenoxy) is 1. The molecule has 11 heavy (non-hydrogen) atoms. The highest BCUT2D eigenvalue weighted by atomic mass is 16.5. The molecular weight excluding hydrogens is 138 g/mol. The van der Waals surface area contributed by atoms with Crippen molar-refractivity contribution in [2.45, 2.75) is 26.0 Å². The molecule has 0 heterocycles. The van der Waals surface area contributed by atoms with E-state index in [-0.39, 0.29) is 0 Å². The molecule has 0 aromatic rings. The van der Waals surface area contributed by atoms with Crippen molar-refractivity contribution in [2.24, 2.45) is 0 Å². The third-order valence-corrected chi connectivity index (χ3v) is 1.98. The van der Waals surface area contributed by atoms with E-state index in [1.165, 1.54) is 0 Å². The normalized spacial score (nSPS) is 16.5. The van der Waals surface area contributed by atoms with Crippen molar-refractivity contribution >= 4 is 0 Å². The van der Waals surface area contributed by atoms with Gasteiger partial charge in [-0.1, -0.05) is 6.08 Å². The second-order valence-electron chi connectivity index (χ2n) is 2.96. The number of methoxy groups -OCH3 is 1. The quantitative estimate of drug-likeness (QED) is 0.561. The highest BCUT2D eigenvalue weighted by Gasteiger charge is 2.08. The first-order valence-electron chi connectivity index (χ1n) is 3.97. The molecule has 2 nitrogen and oxygen atoms in total. The lowest BCUT2D eigenvalue weighted by atomic mass is 10.2. The van der Waals surface area contributed by atoms with Gasteiger partial charge in [0.25, 0.3) is 0 Å². The average Bonchev–Trinajstić information content (AvgIpc) is 2.02. The molecule has 0 aliphatic heterocycles. The standard InChI is InChI=1S/C9H19NO/c1-6-8(2)10(4)7-9(3)11-5/h6,8-9H,1,7H2,2-5H3. The van der Waals surface area contributed by atoms with Crippen LogP contribution in [0.5, 0.6) is 0 Å². The summed E-state index contributed by atoms with van der Waals surface area (Å²) >= 11 is 0. The molecule has 66 valence electrons. The van der Waals surface area contributed by atoms with Gasteiger partial charge in [0.1, 0.15) is 0 Å². The van der Waals surface area contributed by atoms with Crippen LogP contribution in [0.15, 0.2) is 12.7 Å². The van der Waals surface area contributed by atoms with Crippen LogP contribution in [-0.2, 0) is 4.74 Å². The maximum Gasteiger partial charge on any atom is 0.0670 e. The smallest absolute Gasteiger partial charge is 0.0670 e. The number of rotatable bonds is 5. The van der Waals surface area contributed by atoms with Gasteiger partial charge < -0.3 is 4.74 Å². The second kappa shape index (κ2) is 5.33. The van der Waals surface area contributed by atoms with Gasteiger partial charge in [-0.15, -0.1) is 6.58 Å². The molecule has 0 aromatic heterocycles. The summed E-state index contributed by atoms with van der Waals surface area (Å²) in [6.45, 7) is 8.86. The Bertz CT molecular complexity index is 114. The van der Waals surface area contributed by atoms with E-state index < -0.39 is 0 Å². The first-order chi connectivity index (χ1) is 5.11. The van der Waals surface area contributed by atoms with E-state index in [0.29, 0.717) is 12.1 Å². The van der Waals surface area contributed by atoms with Crippen molar-refractivity contribution in [3.05, 3.63) is 12.7 Å². The maximum absolute atomic E-state index is 5.14. The molecule has 0 bridgehead atoms. The Kier molecular flexibility index (Phi) is 5.16. The van der Waals surface area contributed by atoms with Gasteiger partial charge >= 0.3 is 0 Å². The van der Waals surface area contributed by atoms with Crippen molar-refractivity contribution in [1.29, 1.82) is 0 Å². The summed E-state index contributed by atoms with van der Waals surface area (Å²) in [6, 6.07) is 0.424. The number of nitrogens with zero attached hydrogens (tertiary/aromatic N) is 1. The van der Waals surface area contributed by atoms with E-state index in [4.69, 9.17) is 4.74 Å². The minimum absolute atomic E-state index is 0.294. The SMILES string of the molecule is C=CC(C)N(C)CC(C)OC. The van der Waals surface area contributed by atoms with Crippen molar-refractivity contribution in [3.63, 3.8) is 0 Å². The molecule has 2 unspecified atom stereocenters. The van der Waals surface area contributed by atoms with E-state index in [0.717, 1.165) is 6.54 Å². The number of likely N-dealkylation sites (N-methyl/N-ethyl adjacent to an activating group) is 1. The Morgan fingerprint density at radius 2 is 2.09 bits per heavy atom. The fraction of sp³-hybridized carbons (Fsp3) is 0.778. The first-order valence-corrected chi connectivity index (χ1v) is 3.97. The van der Waals surface area contributed by atoms with Gasteiger partial charge in [-0.05, 0) is 20.9 Å². The highest BCUT2D eigenvalue weighted by molar-refractivity contribution is 4.82. The summed E-state index contributed by atoms with van der Waals surface area (Å²) in [5.74, 6) is 0. The van der Waals surface area contributed by atoms with E-state index in [1.807, 2.05) is 6.08 Å². The van der Waals surface area contributed by atoms with Gasteiger partial charge in [0.15, 0.2) is 0 Å². The Morgan fingerprint density at radius 1 is 1.55 bits per heavy atom. The number of hydrogen-bond acceptors (Lipinski definition) is 2. The molecule has 2 atom stereocenters. The topological polar surface area (TPSA) is 12.5 Å². The molecule has 0 aliphatic rings. The van der Waals surface area contributed by atoms with Gasteiger partial charge in [-0.25, -0.2) is 0 Å². The molecule has 0 radical (unpaired) electrons. The van der Waals surface area contributed by atoms with Crippen LogP contribution in [-0.4, -0.2) is 37.7 Å². The molecule has 2 heteroatoms. The Labute approximate surface area is 69.8 Å². The summed E-state index contributed by atoms with van der Waals surface area (Å²) < 4.78 is 5.14. The van der Waals surface area contributed by atoms with E-state index in [9.17, 15) is 0 Å². The van der Waals surface area contributed by atoms with Gasteiger partial charge in [-0.2, -0.15) is 0 Å². The van der Waals surface area contributed by atoms with Crippen molar-refractivity contribution in [3.8, 4) is 0 Å². The lowest BCUT2D eigenvalue weighted by molar-refractivity contribution is 0.0801. The van der Waals surface area contributed by atoms with Crippen molar-refractivity contribution in [2.75, 3.05) is 20.7 Å². The van der Waals surface area contributed by atoms with Crippen LogP contribution in [0.2, 0.25) is 0 Å². The van der Waals surface area contributed by atoms with Crippen LogP contribution < -0.4 is 0 Å². The van der Waals surface area contributed by atoms with Gasteiger partial charge in [0.2, 0.25) is 0 Å². The third kappa shape index (κ3) is 4.17. The molecule has 0 rings (SSSR count). The molecule has 0 saturated heterocycles. The predicted octanol–water partition coefficient (Wildman–Crippen LogP) is 1.53.